The number of rotatable bonds is 10. The number of aliphatic hydroxyl groups is 10. The third kappa shape index (κ3) is 7.16. The van der Waals surface area contributed by atoms with Gasteiger partial charge in [-0.1, -0.05) is 4.86 Å². The summed E-state index contributed by atoms with van der Waals surface area (Å²) in [5.41, 5.74) is 0. The van der Waals surface area contributed by atoms with E-state index in [4.69, 9.17) is 28.4 Å². The molecular formula is C20H36N2O17. The second-order valence-electron chi connectivity index (χ2n) is 9.21. The van der Waals surface area contributed by atoms with Crippen molar-refractivity contribution in [2.24, 2.45) is 5.11 Å². The number of azo groups is 1. The number of ether oxygens (including phenoxy) is 6. The summed E-state index contributed by atoms with van der Waals surface area (Å²) in [6.45, 7) is -2.95. The van der Waals surface area contributed by atoms with Gasteiger partial charge in [0.1, 0.15) is 73.2 Å². The molecule has 3 aliphatic heterocycles. The van der Waals surface area contributed by atoms with E-state index >= 15 is 0 Å². The van der Waals surface area contributed by atoms with Gasteiger partial charge in [0.2, 0.25) is 6.73 Å². The van der Waals surface area contributed by atoms with Crippen LogP contribution in [0.25, 0.3) is 0 Å². The van der Waals surface area contributed by atoms with Crippen molar-refractivity contribution in [1.82, 2.24) is 0 Å². The normalized spacial score (nSPS) is 47.8. The summed E-state index contributed by atoms with van der Waals surface area (Å²) < 4.78 is 32.1. The van der Waals surface area contributed by atoms with Gasteiger partial charge in [-0.2, -0.15) is 0 Å². The molecule has 0 saturated carbocycles. The van der Waals surface area contributed by atoms with Gasteiger partial charge in [0.25, 0.3) is 0 Å². The van der Waals surface area contributed by atoms with Gasteiger partial charge in [0, 0.05) is 0 Å². The Morgan fingerprint density at radius 2 is 1.03 bits per heavy atom. The molecule has 0 aliphatic carbocycles. The van der Waals surface area contributed by atoms with Crippen LogP contribution in [-0.2, 0) is 28.4 Å². The topological polar surface area (TPSA) is 296 Å². The fraction of sp³-hybridized carbons (Fsp3) is 1.00. The van der Waals surface area contributed by atoms with Crippen molar-refractivity contribution in [3.63, 3.8) is 0 Å². The monoisotopic (exact) mass is 576 g/mol. The van der Waals surface area contributed by atoms with Crippen LogP contribution >= 0.6 is 0 Å². The largest absolute Gasteiger partial charge is 0.600 e. The molecule has 0 radical (unpaired) electrons. The Labute approximate surface area is 221 Å². The van der Waals surface area contributed by atoms with Crippen LogP contribution in [0.4, 0.5) is 0 Å². The van der Waals surface area contributed by atoms with Crippen LogP contribution in [0.5, 0.6) is 0 Å². The second kappa shape index (κ2) is 14.1. The van der Waals surface area contributed by atoms with E-state index < -0.39 is 119 Å². The molecular weight excluding hydrogens is 540 g/mol. The van der Waals surface area contributed by atoms with Crippen molar-refractivity contribution >= 4 is 0 Å². The number of hydroxylamine groups is 1. The summed E-state index contributed by atoms with van der Waals surface area (Å²) in [6.07, 6.45) is -25.5. The summed E-state index contributed by atoms with van der Waals surface area (Å²) in [5.74, 6) is 0. The average molecular weight is 577 g/mol. The van der Waals surface area contributed by atoms with E-state index in [-0.39, 0.29) is 4.86 Å². The molecule has 15 atom stereocenters. The van der Waals surface area contributed by atoms with Crippen LogP contribution in [-0.4, -0.2) is 182 Å². The number of hydrogen-bond donors (Lipinski definition) is 10. The number of aliphatic hydroxyl groups excluding tert-OH is 10. The van der Waals surface area contributed by atoms with Crippen LogP contribution < -0.4 is 0 Å². The first-order valence-corrected chi connectivity index (χ1v) is 12.0. The molecule has 0 aromatic carbocycles. The maximum absolute atomic E-state index is 11.0. The molecule has 0 aromatic rings. The van der Waals surface area contributed by atoms with Gasteiger partial charge in [-0.25, -0.2) is 0 Å². The highest BCUT2D eigenvalue weighted by Crippen LogP contribution is 2.32. The lowest BCUT2D eigenvalue weighted by atomic mass is 9.96. The first kappa shape index (κ1) is 32.3. The lowest BCUT2D eigenvalue weighted by Crippen LogP contribution is -2.67. The Balaban J connectivity index is 1.78. The van der Waals surface area contributed by atoms with Gasteiger partial charge in [-0.15, -0.1) is 0 Å². The molecule has 0 bridgehead atoms. The third-order valence-corrected chi connectivity index (χ3v) is 6.57. The highest BCUT2D eigenvalue weighted by atomic mass is 16.8. The zero-order valence-corrected chi connectivity index (χ0v) is 20.7. The van der Waals surface area contributed by atoms with Crippen molar-refractivity contribution in [2.45, 2.75) is 92.1 Å². The molecule has 0 spiro atoms. The van der Waals surface area contributed by atoms with Crippen LogP contribution in [0.1, 0.15) is 0 Å². The zero-order chi connectivity index (χ0) is 29.0. The minimum atomic E-state index is -1.95. The molecule has 19 heteroatoms. The van der Waals surface area contributed by atoms with E-state index in [2.05, 4.69) is 5.11 Å². The highest BCUT2D eigenvalue weighted by Gasteiger charge is 2.53. The van der Waals surface area contributed by atoms with Gasteiger partial charge < -0.3 is 84.7 Å². The molecule has 0 aromatic heterocycles. The van der Waals surface area contributed by atoms with E-state index in [1.165, 1.54) is 0 Å². The van der Waals surface area contributed by atoms with Crippen molar-refractivity contribution < 1.29 is 84.3 Å². The van der Waals surface area contributed by atoms with E-state index in [1.807, 2.05) is 0 Å². The van der Waals surface area contributed by atoms with E-state index in [0.29, 0.717) is 0 Å². The Morgan fingerprint density at radius 3 is 1.49 bits per heavy atom. The first-order valence-electron chi connectivity index (χ1n) is 12.0. The molecule has 3 rings (SSSR count). The molecule has 3 saturated heterocycles. The smallest absolute Gasteiger partial charge is 0.203 e. The second-order valence-corrected chi connectivity index (χ2v) is 9.21. The Bertz CT molecular complexity index is 789. The lowest BCUT2D eigenvalue weighted by Gasteiger charge is -2.48. The fourth-order valence-electron chi connectivity index (χ4n) is 4.36. The number of nitrogens with zero attached hydrogens (tertiary/aromatic N) is 2. The molecule has 3 fully saturated rings. The van der Waals surface area contributed by atoms with Gasteiger partial charge in [0.15, 0.2) is 25.9 Å². The molecule has 10 N–H and O–H groups in total. The quantitative estimate of drug-likeness (QED) is 0.0656. The molecule has 39 heavy (non-hydrogen) atoms. The third-order valence-electron chi connectivity index (χ3n) is 6.57. The standard InChI is InChI=1S/C20H36N2O17/c1-22(33)21-5-34-18-14(31)16(10(27)7(3-24)35-18)39-20-15(32)17(11(28)8(4-25)37-20)38-19-13(30)12(29)9(26)6(2-23)36-19/h6-20,23-32H,2-5H2,1H3/t6-,7-,8-,9-,10-,11-,12+,13-,14-,15-,16+,17+,18+,19+,20+/m1/s1. The predicted molar refractivity (Wildman–Crippen MR) is 117 cm³/mol. The van der Waals surface area contributed by atoms with E-state index in [9.17, 15) is 56.3 Å². The predicted octanol–water partition coefficient (Wildman–Crippen LogP) is -7.00. The van der Waals surface area contributed by atoms with Gasteiger partial charge >= 0.3 is 0 Å². The molecule has 0 unspecified atom stereocenters. The summed E-state index contributed by atoms with van der Waals surface area (Å²) in [4.78, 5) is 0.184. The molecule has 3 aliphatic rings. The van der Waals surface area contributed by atoms with Gasteiger partial charge in [-0.3, -0.25) is 0 Å². The molecule has 19 nitrogen and oxygen atoms in total. The van der Waals surface area contributed by atoms with Crippen LogP contribution in [0.15, 0.2) is 5.11 Å². The molecule has 0 amide bonds. The van der Waals surface area contributed by atoms with E-state index in [1.54, 1.807) is 0 Å². The van der Waals surface area contributed by atoms with Crippen molar-refractivity contribution in [3.05, 3.63) is 5.21 Å². The zero-order valence-electron chi connectivity index (χ0n) is 20.7. The Hall–Kier alpha value is -1.24. The summed E-state index contributed by atoms with van der Waals surface area (Å²) in [7, 11) is 1.07. The number of hydrogen-bond acceptors (Lipinski definition) is 18. The molecule has 228 valence electrons. The van der Waals surface area contributed by atoms with Crippen molar-refractivity contribution in [3.8, 4) is 0 Å². The maximum atomic E-state index is 11.0. The summed E-state index contributed by atoms with van der Waals surface area (Å²) in [5, 5.41) is 116. The minimum absolute atomic E-state index is 0.184. The van der Waals surface area contributed by atoms with Crippen LogP contribution in [0.2, 0.25) is 0 Å². The van der Waals surface area contributed by atoms with Gasteiger partial charge in [0.05, 0.1) is 19.8 Å². The average Bonchev–Trinajstić information content (AvgIpc) is 2.91. The maximum Gasteiger partial charge on any atom is 0.203 e. The SMILES string of the molecule is C[N+]([O-])=NCO[C@H]1O[C@H](CO)[C@@H](O)[C@H](O[C@@H]2O[C@H](CO)[C@@H](O)[C@H](O[C@@H]3O[C@H](CO)[C@@H](O)[C@H](O)[C@H]3O)[C@H]2O)[C@H]1O. The minimum Gasteiger partial charge on any atom is -0.600 e. The summed E-state index contributed by atoms with van der Waals surface area (Å²) in [6, 6.07) is 0. The first-order chi connectivity index (χ1) is 18.4. The molecule has 3 heterocycles. The van der Waals surface area contributed by atoms with Crippen molar-refractivity contribution in [1.29, 1.82) is 0 Å². The highest BCUT2D eigenvalue weighted by molar-refractivity contribution is 4.96. The Kier molecular flexibility index (Phi) is 11.7. The van der Waals surface area contributed by atoms with Crippen LogP contribution in [0, 0.1) is 5.21 Å². The van der Waals surface area contributed by atoms with Crippen LogP contribution in [0.3, 0.4) is 0 Å². The van der Waals surface area contributed by atoms with Gasteiger partial charge in [-0.05, 0) is 5.11 Å². The van der Waals surface area contributed by atoms with Crippen molar-refractivity contribution in [2.75, 3.05) is 33.6 Å². The summed E-state index contributed by atoms with van der Waals surface area (Å²) >= 11 is 0. The van der Waals surface area contributed by atoms with E-state index in [0.717, 1.165) is 7.05 Å². The Morgan fingerprint density at radius 1 is 0.615 bits per heavy atom. The fourth-order valence-corrected chi connectivity index (χ4v) is 4.36. The lowest BCUT2D eigenvalue weighted by molar-refractivity contribution is -0.505.